The lowest BCUT2D eigenvalue weighted by Crippen LogP contribution is -2.17. The molecule has 35 heavy (non-hydrogen) atoms. The molecule has 0 bridgehead atoms. The molecule has 7 heteroatoms. The zero-order valence-electron chi connectivity index (χ0n) is 22.2. The van der Waals surface area contributed by atoms with E-state index in [4.69, 9.17) is 14.2 Å². The fourth-order valence-corrected chi connectivity index (χ4v) is 4.28. The summed E-state index contributed by atoms with van der Waals surface area (Å²) in [6.45, 7) is 7.45. The molecule has 0 saturated carbocycles. The third kappa shape index (κ3) is 13.5. The van der Waals surface area contributed by atoms with Crippen molar-refractivity contribution in [2.75, 3.05) is 6.61 Å². The highest BCUT2D eigenvalue weighted by Crippen LogP contribution is 2.37. The Hall–Kier alpha value is -2.15. The van der Waals surface area contributed by atoms with Crippen molar-refractivity contribution in [1.82, 2.24) is 0 Å². The summed E-state index contributed by atoms with van der Waals surface area (Å²) in [6, 6.07) is 0. The first-order chi connectivity index (χ1) is 16.8. The first-order valence-corrected chi connectivity index (χ1v) is 13.4. The molecule has 1 N–H and O–H groups in total. The summed E-state index contributed by atoms with van der Waals surface area (Å²) >= 11 is 0. The minimum absolute atomic E-state index is 0.135. The van der Waals surface area contributed by atoms with E-state index in [2.05, 4.69) is 13.8 Å². The Morgan fingerprint density at radius 2 is 1.69 bits per heavy atom. The Balaban J connectivity index is 2.68. The van der Waals surface area contributed by atoms with Gasteiger partial charge in [-0.15, -0.1) is 0 Å². The number of esters is 3. The zero-order valence-corrected chi connectivity index (χ0v) is 22.2. The van der Waals surface area contributed by atoms with E-state index < -0.39 is 12.1 Å². The maximum atomic E-state index is 11.7. The second-order valence-corrected chi connectivity index (χ2v) is 9.36. The lowest BCUT2D eigenvalue weighted by Gasteiger charge is -2.17. The van der Waals surface area contributed by atoms with Crippen LogP contribution < -0.4 is 0 Å². The van der Waals surface area contributed by atoms with Crippen molar-refractivity contribution in [2.45, 2.75) is 123 Å². The standard InChI is InChI=1S/C28H46O7/c1-5-7-11-14-23(34-21(3)29)17-18-24-25(27(20-26(24)31)35-22(4)30)15-12-9-10-13-16-28(32)33-19-8-6-2/h17-18,23-24,26,31H,5-16,19-20H2,1-4H3/b18-17+/t23-,24+,26+/m0/s1. The van der Waals surface area contributed by atoms with Gasteiger partial charge in [0.1, 0.15) is 11.9 Å². The van der Waals surface area contributed by atoms with Crippen molar-refractivity contribution in [3.05, 3.63) is 23.5 Å². The lowest BCUT2D eigenvalue weighted by molar-refractivity contribution is -0.145. The van der Waals surface area contributed by atoms with E-state index in [-0.39, 0.29) is 24.0 Å². The van der Waals surface area contributed by atoms with Gasteiger partial charge in [0, 0.05) is 32.6 Å². The minimum atomic E-state index is -0.679. The number of aliphatic hydroxyl groups excluding tert-OH is 1. The number of hydrogen-bond donors (Lipinski definition) is 1. The van der Waals surface area contributed by atoms with Crippen LogP contribution in [0.25, 0.3) is 0 Å². The van der Waals surface area contributed by atoms with E-state index in [1.165, 1.54) is 13.8 Å². The summed E-state index contributed by atoms with van der Waals surface area (Å²) in [7, 11) is 0. The predicted molar refractivity (Wildman–Crippen MR) is 135 cm³/mol. The molecule has 3 atom stereocenters. The molecule has 0 heterocycles. The van der Waals surface area contributed by atoms with E-state index in [1.807, 2.05) is 12.2 Å². The second kappa shape index (κ2) is 18.2. The SMILES string of the molecule is CCCCC[C@@H](/C=C/[C@@H]1C(CCCCCCC(=O)OCCCC)=C(OC(C)=O)C[C@H]1O)OC(C)=O. The quantitative estimate of drug-likeness (QED) is 0.109. The van der Waals surface area contributed by atoms with Gasteiger partial charge in [0.2, 0.25) is 0 Å². The Bertz CT molecular complexity index is 710. The van der Waals surface area contributed by atoms with E-state index in [9.17, 15) is 19.5 Å². The van der Waals surface area contributed by atoms with Gasteiger partial charge in [-0.25, -0.2) is 0 Å². The monoisotopic (exact) mass is 494 g/mol. The highest BCUT2D eigenvalue weighted by molar-refractivity contribution is 5.69. The molecular weight excluding hydrogens is 448 g/mol. The Labute approximate surface area is 211 Å². The first kappa shape index (κ1) is 30.9. The molecule has 1 rings (SSSR count). The van der Waals surface area contributed by atoms with Crippen molar-refractivity contribution >= 4 is 17.9 Å². The number of hydrogen-bond acceptors (Lipinski definition) is 7. The number of ether oxygens (including phenoxy) is 3. The minimum Gasteiger partial charge on any atom is -0.466 e. The largest absolute Gasteiger partial charge is 0.466 e. The zero-order chi connectivity index (χ0) is 26.1. The number of carbonyl (C=O) groups excluding carboxylic acids is 3. The summed E-state index contributed by atoms with van der Waals surface area (Å²) in [4.78, 5) is 34.8. The fraction of sp³-hybridized carbons (Fsp3) is 0.750. The van der Waals surface area contributed by atoms with Crippen LogP contribution in [0.15, 0.2) is 23.5 Å². The van der Waals surface area contributed by atoms with Crippen LogP contribution in [0.5, 0.6) is 0 Å². The smallest absolute Gasteiger partial charge is 0.307 e. The van der Waals surface area contributed by atoms with Gasteiger partial charge in [0.15, 0.2) is 0 Å². The molecule has 0 aromatic heterocycles. The van der Waals surface area contributed by atoms with Crippen LogP contribution in [-0.4, -0.2) is 41.8 Å². The normalized spacial score (nSPS) is 18.7. The van der Waals surface area contributed by atoms with Crippen LogP contribution in [0.1, 0.15) is 111 Å². The topological polar surface area (TPSA) is 99.1 Å². The van der Waals surface area contributed by atoms with Crippen LogP contribution in [-0.2, 0) is 28.6 Å². The molecule has 0 unspecified atom stereocenters. The summed E-state index contributed by atoms with van der Waals surface area (Å²) in [5.74, 6) is -0.581. The van der Waals surface area contributed by atoms with Crippen molar-refractivity contribution in [3.63, 3.8) is 0 Å². The third-order valence-electron chi connectivity index (χ3n) is 6.12. The Kier molecular flexibility index (Phi) is 16.0. The van der Waals surface area contributed by atoms with Crippen molar-refractivity contribution < 1.29 is 33.7 Å². The molecule has 7 nitrogen and oxygen atoms in total. The highest BCUT2D eigenvalue weighted by Gasteiger charge is 2.33. The van der Waals surface area contributed by atoms with Gasteiger partial charge in [-0.1, -0.05) is 52.0 Å². The molecule has 0 aromatic rings. The molecule has 0 aromatic carbocycles. The van der Waals surface area contributed by atoms with Gasteiger partial charge in [-0.2, -0.15) is 0 Å². The molecule has 0 saturated heterocycles. The molecule has 0 amide bonds. The molecule has 1 aliphatic rings. The molecule has 0 radical (unpaired) electrons. The summed E-state index contributed by atoms with van der Waals surface area (Å²) in [5.41, 5.74) is 0.929. The van der Waals surface area contributed by atoms with Crippen LogP contribution in [0, 0.1) is 5.92 Å². The Morgan fingerprint density at radius 3 is 2.34 bits per heavy atom. The number of rotatable bonds is 18. The van der Waals surface area contributed by atoms with E-state index in [0.717, 1.165) is 69.8 Å². The molecule has 1 aliphatic carbocycles. The maximum Gasteiger partial charge on any atom is 0.307 e. The average molecular weight is 495 g/mol. The van der Waals surface area contributed by atoms with Gasteiger partial charge in [-0.05, 0) is 50.2 Å². The number of aliphatic hydroxyl groups is 1. The molecule has 200 valence electrons. The van der Waals surface area contributed by atoms with E-state index in [1.54, 1.807) is 0 Å². The molecule has 0 spiro atoms. The van der Waals surface area contributed by atoms with E-state index in [0.29, 0.717) is 31.6 Å². The predicted octanol–water partition coefficient (Wildman–Crippen LogP) is 5.94. The van der Waals surface area contributed by atoms with Crippen LogP contribution in [0.2, 0.25) is 0 Å². The third-order valence-corrected chi connectivity index (χ3v) is 6.12. The van der Waals surface area contributed by atoms with Crippen LogP contribution >= 0.6 is 0 Å². The highest BCUT2D eigenvalue weighted by atomic mass is 16.5. The van der Waals surface area contributed by atoms with Crippen LogP contribution in [0.4, 0.5) is 0 Å². The summed E-state index contributed by atoms with van der Waals surface area (Å²) in [5, 5.41) is 10.7. The molecule has 0 fully saturated rings. The van der Waals surface area contributed by atoms with Gasteiger partial charge >= 0.3 is 17.9 Å². The fourth-order valence-electron chi connectivity index (χ4n) is 4.28. The van der Waals surface area contributed by atoms with Crippen molar-refractivity contribution in [2.24, 2.45) is 5.92 Å². The van der Waals surface area contributed by atoms with Gasteiger partial charge < -0.3 is 19.3 Å². The first-order valence-electron chi connectivity index (χ1n) is 13.4. The van der Waals surface area contributed by atoms with Gasteiger partial charge in [0.05, 0.1) is 12.7 Å². The Morgan fingerprint density at radius 1 is 0.971 bits per heavy atom. The van der Waals surface area contributed by atoms with E-state index >= 15 is 0 Å². The maximum absolute atomic E-state index is 11.7. The van der Waals surface area contributed by atoms with Crippen LogP contribution in [0.3, 0.4) is 0 Å². The van der Waals surface area contributed by atoms with Crippen molar-refractivity contribution in [1.29, 1.82) is 0 Å². The second-order valence-electron chi connectivity index (χ2n) is 9.36. The number of carbonyl (C=O) groups is 3. The van der Waals surface area contributed by atoms with Gasteiger partial charge in [0.25, 0.3) is 0 Å². The molecule has 0 aliphatic heterocycles. The summed E-state index contributed by atoms with van der Waals surface area (Å²) in [6.07, 6.45) is 13.4. The van der Waals surface area contributed by atoms with Gasteiger partial charge in [-0.3, -0.25) is 14.4 Å². The number of unbranched alkanes of at least 4 members (excludes halogenated alkanes) is 6. The lowest BCUT2D eigenvalue weighted by atomic mass is 9.93. The van der Waals surface area contributed by atoms with Crippen molar-refractivity contribution in [3.8, 4) is 0 Å². The average Bonchev–Trinajstić information content (AvgIpc) is 3.07. The summed E-state index contributed by atoms with van der Waals surface area (Å²) < 4.78 is 16.1. The molecular formula is C28H46O7.